The number of anilines is 1. The van der Waals surface area contributed by atoms with E-state index in [0.29, 0.717) is 23.4 Å². The van der Waals surface area contributed by atoms with Gasteiger partial charge < -0.3 is 9.47 Å². The average Bonchev–Trinajstić information content (AvgIpc) is 3.25. The second-order valence-corrected chi connectivity index (χ2v) is 8.82. The zero-order valence-electron chi connectivity index (χ0n) is 17.4. The predicted molar refractivity (Wildman–Crippen MR) is 110 cm³/mol. The Morgan fingerprint density at radius 3 is 2.69 bits per heavy atom. The van der Waals surface area contributed by atoms with Gasteiger partial charge in [0.2, 0.25) is 0 Å². The third kappa shape index (κ3) is 4.87. The highest BCUT2D eigenvalue weighted by Gasteiger charge is 2.29. The van der Waals surface area contributed by atoms with Gasteiger partial charge in [0.05, 0.1) is 17.9 Å². The van der Waals surface area contributed by atoms with Gasteiger partial charge in [-0.1, -0.05) is 11.6 Å². The maximum Gasteiger partial charge on any atom is 0.415 e. The molecule has 0 aliphatic heterocycles. The van der Waals surface area contributed by atoms with Crippen molar-refractivity contribution < 1.29 is 19.1 Å². The molecule has 0 N–H and O–H groups in total. The number of carbonyl (C=O) groups is 2. The molecule has 1 fully saturated rings. The Kier molecular flexibility index (Phi) is 6.14. The molecule has 0 radical (unpaired) electrons. The number of Topliss-reactive ketones (excluding diaryl/α,β-unsaturated/α-hetero) is 1. The standard InChI is InChI=1S/C20H27ClN4O4/c1-20(2,3)29-19(27)24(4)17-10-16(21)23-18-14(11-22-25(17)18)15(26)9-12-6-7-13(8-12)28-5/h10-13H,6-9H2,1-5H3/t12-,13-/m1/s1. The molecular formula is C20H27ClN4O4. The molecule has 2 aromatic rings. The van der Waals surface area contributed by atoms with E-state index in [1.165, 1.54) is 21.7 Å². The average molecular weight is 423 g/mol. The highest BCUT2D eigenvalue weighted by atomic mass is 35.5. The maximum absolute atomic E-state index is 12.9. The van der Waals surface area contributed by atoms with Crippen LogP contribution in [0.5, 0.6) is 0 Å². The first-order valence-corrected chi connectivity index (χ1v) is 10.0. The number of ketones is 1. The fourth-order valence-electron chi connectivity index (χ4n) is 3.58. The van der Waals surface area contributed by atoms with E-state index < -0.39 is 11.7 Å². The molecule has 9 heteroatoms. The minimum absolute atomic E-state index is 0.0395. The lowest BCUT2D eigenvalue weighted by Gasteiger charge is -2.24. The molecule has 2 aromatic heterocycles. The molecule has 0 spiro atoms. The van der Waals surface area contributed by atoms with Crippen molar-refractivity contribution in [2.75, 3.05) is 19.1 Å². The van der Waals surface area contributed by atoms with Crippen LogP contribution in [0.15, 0.2) is 12.3 Å². The summed E-state index contributed by atoms with van der Waals surface area (Å²) >= 11 is 6.19. The number of ether oxygens (including phenoxy) is 2. The third-order valence-corrected chi connectivity index (χ3v) is 5.23. The molecule has 0 unspecified atom stereocenters. The van der Waals surface area contributed by atoms with E-state index in [1.807, 2.05) is 0 Å². The van der Waals surface area contributed by atoms with Crippen LogP contribution in [0, 0.1) is 5.92 Å². The molecule has 1 amide bonds. The summed E-state index contributed by atoms with van der Waals surface area (Å²) in [5, 5.41) is 4.45. The van der Waals surface area contributed by atoms with E-state index in [0.717, 1.165) is 19.3 Å². The number of halogens is 1. The number of methoxy groups -OCH3 is 1. The third-order valence-electron chi connectivity index (χ3n) is 5.03. The van der Waals surface area contributed by atoms with E-state index >= 15 is 0 Å². The van der Waals surface area contributed by atoms with Crippen LogP contribution in [-0.2, 0) is 9.47 Å². The summed E-state index contributed by atoms with van der Waals surface area (Å²) < 4.78 is 12.2. The second-order valence-electron chi connectivity index (χ2n) is 8.43. The molecule has 8 nitrogen and oxygen atoms in total. The Morgan fingerprint density at radius 2 is 2.07 bits per heavy atom. The Balaban J connectivity index is 1.87. The normalized spacial score (nSPS) is 19.5. The van der Waals surface area contributed by atoms with Gasteiger partial charge in [0.25, 0.3) is 0 Å². The molecule has 2 heterocycles. The van der Waals surface area contributed by atoms with E-state index in [-0.39, 0.29) is 23.0 Å². The molecule has 1 saturated carbocycles. The zero-order valence-corrected chi connectivity index (χ0v) is 18.2. The van der Waals surface area contributed by atoms with E-state index in [1.54, 1.807) is 34.9 Å². The molecule has 3 rings (SSSR count). The van der Waals surface area contributed by atoms with Crippen molar-refractivity contribution in [1.82, 2.24) is 14.6 Å². The SMILES string of the molecule is CO[C@@H]1CC[C@@H](CC(=O)c2cnn3c(N(C)C(=O)OC(C)(C)C)cc(Cl)nc23)C1. The highest BCUT2D eigenvalue weighted by Crippen LogP contribution is 2.32. The van der Waals surface area contributed by atoms with Gasteiger partial charge in [-0.25, -0.2) is 9.78 Å². The van der Waals surface area contributed by atoms with Crippen LogP contribution >= 0.6 is 11.6 Å². The van der Waals surface area contributed by atoms with Crippen LogP contribution in [0.3, 0.4) is 0 Å². The van der Waals surface area contributed by atoms with Gasteiger partial charge >= 0.3 is 6.09 Å². The number of rotatable bonds is 5. The van der Waals surface area contributed by atoms with Gasteiger partial charge in [0, 0.05) is 26.6 Å². The Morgan fingerprint density at radius 1 is 1.34 bits per heavy atom. The largest absolute Gasteiger partial charge is 0.443 e. The topological polar surface area (TPSA) is 86.0 Å². The maximum atomic E-state index is 12.9. The van der Waals surface area contributed by atoms with Gasteiger partial charge in [0.15, 0.2) is 11.4 Å². The van der Waals surface area contributed by atoms with E-state index in [4.69, 9.17) is 21.1 Å². The number of nitrogens with zero attached hydrogens (tertiary/aromatic N) is 4. The lowest BCUT2D eigenvalue weighted by atomic mass is 9.98. The second kappa shape index (κ2) is 8.28. The highest BCUT2D eigenvalue weighted by molar-refractivity contribution is 6.30. The van der Waals surface area contributed by atoms with Crippen molar-refractivity contribution in [2.24, 2.45) is 5.92 Å². The van der Waals surface area contributed by atoms with Crippen LogP contribution in [0.25, 0.3) is 5.65 Å². The molecule has 1 aliphatic rings. The van der Waals surface area contributed by atoms with Crippen LogP contribution in [-0.4, -0.2) is 52.3 Å². The molecule has 158 valence electrons. The first-order valence-electron chi connectivity index (χ1n) is 9.66. The Hall–Kier alpha value is -2.19. The lowest BCUT2D eigenvalue weighted by molar-refractivity contribution is 0.0587. The molecule has 0 bridgehead atoms. The van der Waals surface area contributed by atoms with Crippen LogP contribution in [0.2, 0.25) is 5.15 Å². The van der Waals surface area contributed by atoms with Crippen molar-refractivity contribution in [3.8, 4) is 0 Å². The molecular weight excluding hydrogens is 396 g/mol. The number of hydrogen-bond acceptors (Lipinski definition) is 6. The summed E-state index contributed by atoms with van der Waals surface area (Å²) in [7, 11) is 3.26. The predicted octanol–water partition coefficient (Wildman–Crippen LogP) is 4.14. The van der Waals surface area contributed by atoms with Gasteiger partial charge in [-0.3, -0.25) is 9.69 Å². The van der Waals surface area contributed by atoms with Gasteiger partial charge in [-0.15, -0.1) is 0 Å². The minimum atomic E-state index is -0.645. The summed E-state index contributed by atoms with van der Waals surface area (Å²) in [6, 6.07) is 1.51. The number of amides is 1. The smallest absolute Gasteiger partial charge is 0.415 e. The number of hydrogen-bond donors (Lipinski definition) is 0. The monoisotopic (exact) mass is 422 g/mol. The summed E-state index contributed by atoms with van der Waals surface area (Å²) in [6.45, 7) is 5.36. The summed E-state index contributed by atoms with van der Waals surface area (Å²) in [6.07, 6.45) is 4.37. The van der Waals surface area contributed by atoms with Crippen LogP contribution in [0.4, 0.5) is 10.6 Å². The fraction of sp³-hybridized carbons (Fsp3) is 0.600. The number of fused-ring (bicyclic) bond motifs is 1. The van der Waals surface area contributed by atoms with Crippen molar-refractivity contribution in [2.45, 2.75) is 58.2 Å². The first-order chi connectivity index (χ1) is 13.6. The van der Waals surface area contributed by atoms with Gasteiger partial charge in [0.1, 0.15) is 16.6 Å². The molecule has 1 aliphatic carbocycles. The summed E-state index contributed by atoms with van der Waals surface area (Å²) in [4.78, 5) is 30.9. The fourth-order valence-corrected chi connectivity index (χ4v) is 3.76. The van der Waals surface area contributed by atoms with Crippen molar-refractivity contribution in [3.63, 3.8) is 0 Å². The molecule has 0 aromatic carbocycles. The minimum Gasteiger partial charge on any atom is -0.443 e. The van der Waals surface area contributed by atoms with Crippen molar-refractivity contribution >= 4 is 34.9 Å². The number of aromatic nitrogens is 3. The quantitative estimate of drug-likeness (QED) is 0.531. The Bertz CT molecular complexity index is 921. The van der Waals surface area contributed by atoms with E-state index in [2.05, 4.69) is 10.1 Å². The number of carbonyl (C=O) groups excluding carboxylic acids is 2. The molecule has 2 atom stereocenters. The zero-order chi connectivity index (χ0) is 21.3. The van der Waals surface area contributed by atoms with E-state index in [9.17, 15) is 9.59 Å². The molecule has 29 heavy (non-hydrogen) atoms. The van der Waals surface area contributed by atoms with Crippen molar-refractivity contribution in [3.05, 3.63) is 23.0 Å². The lowest BCUT2D eigenvalue weighted by Crippen LogP contribution is -2.35. The van der Waals surface area contributed by atoms with Gasteiger partial charge in [-0.2, -0.15) is 9.61 Å². The Labute approximate surface area is 175 Å². The molecule has 0 saturated heterocycles. The first kappa shape index (κ1) is 21.5. The summed E-state index contributed by atoms with van der Waals surface area (Å²) in [5.41, 5.74) is 0.0786. The van der Waals surface area contributed by atoms with Gasteiger partial charge in [-0.05, 0) is 46.0 Å². The van der Waals surface area contributed by atoms with Crippen LogP contribution in [0.1, 0.15) is 56.8 Å². The summed E-state index contributed by atoms with van der Waals surface area (Å²) in [5.74, 6) is 0.612. The van der Waals surface area contributed by atoms with Crippen LogP contribution < -0.4 is 4.90 Å². The van der Waals surface area contributed by atoms with Crippen molar-refractivity contribution in [1.29, 1.82) is 0 Å².